The molecule has 51 heavy (non-hydrogen) atoms. The van der Waals surface area contributed by atoms with E-state index in [-0.39, 0.29) is 63.8 Å². The molecule has 1 heterocycles. The Hall–Kier alpha value is -3.50. The maximum Gasteiger partial charge on any atom is 0.338 e. The SMILES string of the molecule is COc1cc(C(=O)OCCOCCN(C)C)ccc1NC(=O)[C@@H]1N[C@@H](CC(C)(C)C)[C@](C#N)(c2ccc(Cl)cc2F)[C@H]1c1cccc(Cl)c1F.Cl. The molecule has 0 unspecified atom stereocenters. The van der Waals surface area contributed by atoms with Gasteiger partial charge >= 0.3 is 5.97 Å². The first kappa shape index (κ1) is 41.9. The smallest absolute Gasteiger partial charge is 0.338 e. The summed E-state index contributed by atoms with van der Waals surface area (Å²) in [5.74, 6) is -3.96. The van der Waals surface area contributed by atoms with Gasteiger partial charge in [0.05, 0.1) is 48.7 Å². The molecule has 0 saturated carbocycles. The Balaban J connectivity index is 0.00000702. The van der Waals surface area contributed by atoms with Gasteiger partial charge in [0.1, 0.15) is 29.4 Å². The van der Waals surface area contributed by atoms with Crippen LogP contribution in [0.5, 0.6) is 5.75 Å². The lowest BCUT2D eigenvalue weighted by Gasteiger charge is -2.37. The zero-order valence-corrected chi connectivity index (χ0v) is 31.6. The summed E-state index contributed by atoms with van der Waals surface area (Å²) >= 11 is 12.3. The van der Waals surface area contributed by atoms with Crippen LogP contribution in [0.1, 0.15) is 54.6 Å². The molecule has 1 amide bonds. The van der Waals surface area contributed by atoms with Crippen LogP contribution in [0, 0.1) is 28.4 Å². The molecule has 1 aliphatic heterocycles. The van der Waals surface area contributed by atoms with E-state index in [1.165, 1.54) is 55.6 Å². The van der Waals surface area contributed by atoms with Crippen LogP contribution in [0.25, 0.3) is 0 Å². The quantitative estimate of drug-likeness (QED) is 0.137. The van der Waals surface area contributed by atoms with Crippen molar-refractivity contribution >= 4 is 53.2 Å². The van der Waals surface area contributed by atoms with Gasteiger partial charge in [-0.15, -0.1) is 12.4 Å². The Morgan fingerprint density at radius 3 is 2.41 bits per heavy atom. The Bertz CT molecular complexity index is 1750. The monoisotopic (exact) mass is 766 g/mol. The number of amides is 1. The van der Waals surface area contributed by atoms with E-state index in [0.29, 0.717) is 13.0 Å². The lowest BCUT2D eigenvalue weighted by Crippen LogP contribution is -2.45. The third kappa shape index (κ3) is 9.69. The fourth-order valence-electron chi connectivity index (χ4n) is 6.31. The van der Waals surface area contributed by atoms with Crippen LogP contribution >= 0.6 is 35.6 Å². The van der Waals surface area contributed by atoms with Crippen LogP contribution in [0.3, 0.4) is 0 Å². The maximum absolute atomic E-state index is 16.0. The van der Waals surface area contributed by atoms with Crippen molar-refractivity contribution in [1.29, 1.82) is 5.26 Å². The number of nitrogens with one attached hydrogen (secondary N) is 2. The molecule has 276 valence electrons. The number of ether oxygens (including phenoxy) is 3. The largest absolute Gasteiger partial charge is 0.495 e. The number of carbonyl (C=O) groups is 2. The fraction of sp³-hybridized carbons (Fsp3) is 0.432. The summed E-state index contributed by atoms with van der Waals surface area (Å²) in [4.78, 5) is 29.0. The molecule has 0 aliphatic carbocycles. The van der Waals surface area contributed by atoms with Crippen molar-refractivity contribution in [2.24, 2.45) is 5.41 Å². The van der Waals surface area contributed by atoms with E-state index in [2.05, 4.69) is 16.7 Å². The molecular formula is C37H43Cl3F2N4O5. The zero-order chi connectivity index (χ0) is 36.8. The van der Waals surface area contributed by atoms with Gasteiger partial charge < -0.3 is 29.7 Å². The number of hydrogen-bond acceptors (Lipinski definition) is 8. The first-order chi connectivity index (χ1) is 23.6. The van der Waals surface area contributed by atoms with Crippen LogP contribution in [0.4, 0.5) is 14.5 Å². The van der Waals surface area contributed by atoms with Crippen LogP contribution in [0.15, 0.2) is 54.6 Å². The summed E-state index contributed by atoms with van der Waals surface area (Å²) in [5.41, 5.74) is -1.88. The van der Waals surface area contributed by atoms with E-state index in [1.807, 2.05) is 39.8 Å². The molecule has 1 saturated heterocycles. The van der Waals surface area contributed by atoms with E-state index in [4.69, 9.17) is 37.4 Å². The van der Waals surface area contributed by atoms with Crippen molar-refractivity contribution in [2.45, 2.75) is 50.6 Å². The van der Waals surface area contributed by atoms with Crippen LogP contribution < -0.4 is 15.4 Å². The summed E-state index contributed by atoms with van der Waals surface area (Å²) < 4.78 is 48.2. The molecule has 0 aromatic heterocycles. The second-order valence-electron chi connectivity index (χ2n) is 13.6. The second kappa shape index (κ2) is 17.8. The molecule has 0 radical (unpaired) electrons. The predicted molar refractivity (Wildman–Crippen MR) is 196 cm³/mol. The number of anilines is 1. The highest BCUT2D eigenvalue weighted by Crippen LogP contribution is 2.53. The van der Waals surface area contributed by atoms with E-state index >= 15 is 8.78 Å². The van der Waals surface area contributed by atoms with E-state index in [0.717, 1.165) is 12.6 Å². The Morgan fingerprint density at radius 2 is 1.78 bits per heavy atom. The van der Waals surface area contributed by atoms with Crippen LogP contribution in [-0.2, 0) is 19.7 Å². The van der Waals surface area contributed by atoms with E-state index in [9.17, 15) is 14.9 Å². The van der Waals surface area contributed by atoms with Crippen LogP contribution in [0.2, 0.25) is 10.0 Å². The third-order valence-corrected chi connectivity index (χ3v) is 9.10. The number of nitrogens with zero attached hydrogens (tertiary/aromatic N) is 2. The summed E-state index contributed by atoms with van der Waals surface area (Å²) in [7, 11) is 5.23. The Kier molecular flexibility index (Phi) is 14.6. The predicted octanol–water partition coefficient (Wildman–Crippen LogP) is 7.40. The normalized spacial score (nSPS) is 20.0. The summed E-state index contributed by atoms with van der Waals surface area (Å²) in [6.07, 6.45) is 0.311. The number of carbonyl (C=O) groups excluding carboxylic acids is 2. The van der Waals surface area contributed by atoms with Gasteiger partial charge in [0, 0.05) is 29.1 Å². The number of hydrogen-bond donors (Lipinski definition) is 2. The van der Waals surface area contributed by atoms with Gasteiger partial charge in [0.25, 0.3) is 0 Å². The lowest BCUT2D eigenvalue weighted by molar-refractivity contribution is -0.118. The number of likely N-dealkylation sites (N-methyl/N-ethyl adjacent to an activating group) is 1. The van der Waals surface area contributed by atoms with Crippen molar-refractivity contribution in [3.05, 3.63) is 93.0 Å². The Morgan fingerprint density at radius 1 is 1.06 bits per heavy atom. The molecule has 3 aromatic rings. The summed E-state index contributed by atoms with van der Waals surface area (Å²) in [6.45, 7) is 7.36. The molecule has 2 N–H and O–H groups in total. The van der Waals surface area contributed by atoms with Gasteiger partial charge in [0.15, 0.2) is 0 Å². The van der Waals surface area contributed by atoms with Gasteiger partial charge in [-0.1, -0.05) is 62.2 Å². The molecule has 4 rings (SSSR count). The molecule has 1 aliphatic rings. The third-order valence-electron chi connectivity index (χ3n) is 8.57. The standard InChI is InChI=1S/C37H42Cl2F2N4O5.ClH/c1-36(2,3)20-30-37(21-42,25-12-11-23(38)19-27(25)40)31(24-8-7-9-26(39)32(24)41)33(44-30)34(46)43-28-13-10-22(18-29(28)48-6)35(47)50-17-16-49-15-14-45(4)5;/h7-13,18-19,30-31,33,44H,14-17,20H2,1-6H3,(H,43,46);1H/t30-,31-,33+,37-;/m0./s1. The average molecular weight is 768 g/mol. The first-order valence-electron chi connectivity index (χ1n) is 16.1. The zero-order valence-electron chi connectivity index (χ0n) is 29.3. The van der Waals surface area contributed by atoms with Crippen molar-refractivity contribution < 1.29 is 32.6 Å². The first-order valence-corrected chi connectivity index (χ1v) is 16.8. The van der Waals surface area contributed by atoms with E-state index < -0.39 is 52.3 Å². The maximum atomic E-state index is 16.0. The molecule has 4 atom stereocenters. The van der Waals surface area contributed by atoms with Crippen molar-refractivity contribution in [3.63, 3.8) is 0 Å². The molecule has 14 heteroatoms. The van der Waals surface area contributed by atoms with Gasteiger partial charge in [-0.3, -0.25) is 4.79 Å². The number of methoxy groups -OCH3 is 1. The lowest BCUT2D eigenvalue weighted by atomic mass is 9.62. The number of nitriles is 1. The minimum Gasteiger partial charge on any atom is -0.495 e. The Labute approximate surface area is 313 Å². The number of halogens is 5. The number of benzene rings is 3. The number of rotatable bonds is 13. The molecule has 9 nitrogen and oxygen atoms in total. The van der Waals surface area contributed by atoms with Crippen molar-refractivity contribution in [1.82, 2.24) is 10.2 Å². The molecule has 3 aromatic carbocycles. The summed E-state index contributed by atoms with van der Waals surface area (Å²) in [5, 5.41) is 17.1. The van der Waals surface area contributed by atoms with Gasteiger partial charge in [0.2, 0.25) is 5.91 Å². The highest BCUT2D eigenvalue weighted by Gasteiger charge is 2.61. The van der Waals surface area contributed by atoms with E-state index in [1.54, 1.807) is 0 Å². The van der Waals surface area contributed by atoms with Crippen molar-refractivity contribution in [3.8, 4) is 11.8 Å². The van der Waals surface area contributed by atoms with Gasteiger partial charge in [-0.05, 0) is 67.9 Å². The molecular weight excluding hydrogens is 725 g/mol. The minimum absolute atomic E-state index is 0. The molecule has 1 fully saturated rings. The van der Waals surface area contributed by atoms with Crippen molar-refractivity contribution in [2.75, 3.05) is 52.9 Å². The van der Waals surface area contributed by atoms with Crippen LogP contribution in [-0.4, -0.2) is 76.4 Å². The molecule has 0 bridgehead atoms. The highest BCUT2D eigenvalue weighted by atomic mass is 35.5. The minimum atomic E-state index is -1.79. The summed E-state index contributed by atoms with van der Waals surface area (Å²) in [6, 6.07) is 12.9. The highest BCUT2D eigenvalue weighted by molar-refractivity contribution is 6.31. The second-order valence-corrected chi connectivity index (χ2v) is 14.5. The van der Waals surface area contributed by atoms with Gasteiger partial charge in [-0.25, -0.2) is 13.6 Å². The topological polar surface area (TPSA) is 113 Å². The average Bonchev–Trinajstić information content (AvgIpc) is 3.36. The molecule has 0 spiro atoms. The number of esters is 1. The fourth-order valence-corrected chi connectivity index (χ4v) is 6.66. The van der Waals surface area contributed by atoms with Gasteiger partial charge in [-0.2, -0.15) is 5.26 Å².